The van der Waals surface area contributed by atoms with Crippen LogP contribution in [0.4, 0.5) is 8.78 Å². The summed E-state index contributed by atoms with van der Waals surface area (Å²) >= 11 is 3.74. The van der Waals surface area contributed by atoms with Crippen molar-refractivity contribution in [3.63, 3.8) is 0 Å². The maximum atomic E-state index is 13.9. The predicted octanol–water partition coefficient (Wildman–Crippen LogP) is 4.32. The molecule has 0 saturated carbocycles. The molecule has 1 aromatic carbocycles. The van der Waals surface area contributed by atoms with Crippen LogP contribution in [0.25, 0.3) is 10.1 Å². The first-order valence-corrected chi connectivity index (χ1v) is 10.4. The molecule has 12 heteroatoms. The highest BCUT2D eigenvalue weighted by Gasteiger charge is 2.56. The monoisotopic (exact) mass is 478 g/mol. The first-order chi connectivity index (χ1) is 12.7. The second-order valence-electron chi connectivity index (χ2n) is 5.41. The molecule has 7 nitrogen and oxygen atoms in total. The van der Waals surface area contributed by atoms with Gasteiger partial charge in [-0.25, -0.2) is 0 Å². The van der Waals surface area contributed by atoms with Crippen LogP contribution in [-0.2, 0) is 23.2 Å². The van der Waals surface area contributed by atoms with Crippen molar-refractivity contribution < 1.29 is 27.6 Å². The fraction of sp³-hybridized carbons (Fsp3) is 0.267. The predicted molar refractivity (Wildman–Crippen MR) is 98.1 cm³/mol. The van der Waals surface area contributed by atoms with Gasteiger partial charge in [0.15, 0.2) is 5.82 Å². The van der Waals surface area contributed by atoms with Crippen LogP contribution in [0.2, 0.25) is 0 Å². The molecule has 0 aliphatic heterocycles. The molecular formula is C15H12BrF2N3O4PS+. The van der Waals surface area contributed by atoms with Gasteiger partial charge in [-0.3, -0.25) is 4.79 Å². The second kappa shape index (κ2) is 7.67. The molecule has 0 saturated heterocycles. The van der Waals surface area contributed by atoms with E-state index >= 15 is 0 Å². The molecule has 0 bridgehead atoms. The minimum atomic E-state index is -3.88. The lowest BCUT2D eigenvalue weighted by molar-refractivity contribution is 0.0849. The van der Waals surface area contributed by atoms with Crippen LogP contribution in [0.5, 0.6) is 0 Å². The number of halogens is 3. The van der Waals surface area contributed by atoms with Crippen LogP contribution >= 0.6 is 35.3 Å². The van der Waals surface area contributed by atoms with Crippen molar-refractivity contribution in [2.24, 2.45) is 0 Å². The van der Waals surface area contributed by atoms with Crippen LogP contribution in [0.3, 0.4) is 0 Å². The fourth-order valence-corrected chi connectivity index (χ4v) is 4.96. The minimum Gasteiger partial charge on any atom is -0.343 e. The van der Waals surface area contributed by atoms with Crippen molar-refractivity contribution >= 4 is 51.3 Å². The molecule has 2 aromatic heterocycles. The van der Waals surface area contributed by atoms with E-state index in [-0.39, 0.29) is 22.5 Å². The molecule has 27 heavy (non-hydrogen) atoms. The van der Waals surface area contributed by atoms with Gasteiger partial charge in [-0.05, 0) is 38.7 Å². The molecule has 2 heterocycles. The maximum absolute atomic E-state index is 13.9. The van der Waals surface area contributed by atoms with E-state index in [9.17, 15) is 18.1 Å². The van der Waals surface area contributed by atoms with Crippen LogP contribution in [-0.4, -0.2) is 20.9 Å². The summed E-state index contributed by atoms with van der Waals surface area (Å²) in [7, 11) is -3.73. The van der Waals surface area contributed by atoms with Gasteiger partial charge < -0.3 is 9.84 Å². The van der Waals surface area contributed by atoms with Crippen molar-refractivity contribution in [2.45, 2.75) is 25.6 Å². The van der Waals surface area contributed by atoms with Crippen LogP contribution in [0.15, 0.2) is 27.2 Å². The summed E-state index contributed by atoms with van der Waals surface area (Å²) in [6, 6.07) is 4.42. The van der Waals surface area contributed by atoms with Crippen LogP contribution < -0.4 is 5.32 Å². The lowest BCUT2D eigenvalue weighted by Crippen LogP contribution is -2.22. The smallest absolute Gasteiger partial charge is 0.343 e. The number of rotatable bonds is 6. The van der Waals surface area contributed by atoms with Gasteiger partial charge in [0.2, 0.25) is 5.89 Å². The van der Waals surface area contributed by atoms with E-state index in [2.05, 4.69) is 31.4 Å². The Hall–Kier alpha value is -1.81. The number of alkyl halides is 2. The molecule has 0 aliphatic rings. The van der Waals surface area contributed by atoms with Crippen LogP contribution in [0.1, 0.15) is 33.9 Å². The van der Waals surface area contributed by atoms with Gasteiger partial charge in [0, 0.05) is 22.1 Å². The SMILES string of the molecule is CCc1noc(CNC(=O)c2ccc3sc(C(F)(F)[P+](=O)O)c(Br)c3c2)n1. The number of aryl methyl sites for hydroxylation is 1. The number of benzene rings is 1. The van der Waals surface area contributed by atoms with Gasteiger partial charge in [0.05, 0.1) is 11.0 Å². The van der Waals surface area contributed by atoms with E-state index in [1.807, 2.05) is 6.92 Å². The summed E-state index contributed by atoms with van der Waals surface area (Å²) in [5.74, 6) is 0.331. The Bertz CT molecular complexity index is 1040. The quantitative estimate of drug-likeness (QED) is 0.511. The Balaban J connectivity index is 1.84. The summed E-state index contributed by atoms with van der Waals surface area (Å²) < 4.78 is 44.2. The van der Waals surface area contributed by atoms with E-state index in [4.69, 9.17) is 9.42 Å². The summed E-state index contributed by atoms with van der Waals surface area (Å²) in [6.07, 6.45) is 0.604. The molecule has 1 amide bonds. The molecule has 0 fully saturated rings. The molecule has 1 unspecified atom stereocenters. The van der Waals surface area contributed by atoms with Crippen LogP contribution in [0, 0.1) is 0 Å². The minimum absolute atomic E-state index is 0.0101. The largest absolute Gasteiger partial charge is 0.590 e. The molecule has 0 spiro atoms. The first kappa shape index (κ1) is 19.9. The van der Waals surface area contributed by atoms with Gasteiger partial charge >= 0.3 is 13.7 Å². The van der Waals surface area contributed by atoms with Gasteiger partial charge in [-0.15, -0.1) is 20.1 Å². The molecule has 0 radical (unpaired) electrons. The number of fused-ring (bicyclic) bond motifs is 1. The molecule has 3 rings (SSSR count). The normalized spacial score (nSPS) is 12.4. The number of aromatic nitrogens is 2. The second-order valence-corrected chi connectivity index (χ2v) is 8.36. The third-order valence-electron chi connectivity index (χ3n) is 3.63. The Morgan fingerprint density at radius 2 is 2.22 bits per heavy atom. The van der Waals surface area contributed by atoms with Crippen molar-refractivity contribution in [3.05, 3.63) is 44.8 Å². The van der Waals surface area contributed by atoms with Crippen molar-refractivity contribution in [3.8, 4) is 0 Å². The zero-order valence-electron chi connectivity index (χ0n) is 13.7. The van der Waals surface area contributed by atoms with Gasteiger partial charge in [-0.2, -0.15) is 9.88 Å². The third kappa shape index (κ3) is 3.91. The van der Waals surface area contributed by atoms with E-state index in [1.54, 1.807) is 0 Å². The fourth-order valence-electron chi connectivity index (χ4n) is 2.25. The Kier molecular flexibility index (Phi) is 5.66. The molecule has 3 aromatic rings. The average Bonchev–Trinajstić information content (AvgIpc) is 3.24. The highest BCUT2D eigenvalue weighted by atomic mass is 79.9. The Morgan fingerprint density at radius 1 is 1.48 bits per heavy atom. The van der Waals surface area contributed by atoms with Gasteiger partial charge in [0.1, 0.15) is 4.88 Å². The van der Waals surface area contributed by atoms with Crippen molar-refractivity contribution in [1.82, 2.24) is 15.5 Å². The number of hydrogen-bond donors (Lipinski definition) is 2. The lowest BCUT2D eigenvalue weighted by Gasteiger charge is -2.03. The third-order valence-corrected chi connectivity index (χ3v) is 6.81. The molecule has 142 valence electrons. The average molecular weight is 479 g/mol. The van der Waals surface area contributed by atoms with Gasteiger partial charge in [0.25, 0.3) is 5.91 Å². The highest BCUT2D eigenvalue weighted by Crippen LogP contribution is 2.54. The number of nitrogens with one attached hydrogen (secondary N) is 1. The lowest BCUT2D eigenvalue weighted by atomic mass is 10.1. The van der Waals surface area contributed by atoms with Gasteiger partial charge in [-0.1, -0.05) is 12.1 Å². The zero-order chi connectivity index (χ0) is 19.8. The van der Waals surface area contributed by atoms with E-state index in [1.165, 1.54) is 18.2 Å². The van der Waals surface area contributed by atoms with Crippen molar-refractivity contribution in [2.75, 3.05) is 0 Å². The molecule has 0 aliphatic carbocycles. The number of nitrogens with zero attached hydrogens (tertiary/aromatic N) is 2. The molecular weight excluding hydrogens is 467 g/mol. The van der Waals surface area contributed by atoms with E-state index in [0.717, 1.165) is 0 Å². The number of thiophene rings is 1. The highest BCUT2D eigenvalue weighted by molar-refractivity contribution is 9.10. The van der Waals surface area contributed by atoms with E-state index in [0.29, 0.717) is 33.7 Å². The number of hydrogen-bond acceptors (Lipinski definition) is 6. The Morgan fingerprint density at radius 3 is 2.85 bits per heavy atom. The maximum Gasteiger partial charge on any atom is 0.590 e. The van der Waals surface area contributed by atoms with E-state index < -0.39 is 24.5 Å². The summed E-state index contributed by atoms with van der Waals surface area (Å²) in [4.78, 5) is 24.7. The Labute approximate surface area is 164 Å². The number of amides is 1. The zero-order valence-corrected chi connectivity index (χ0v) is 17.0. The summed E-state index contributed by atoms with van der Waals surface area (Å²) in [5.41, 5.74) is -3.64. The first-order valence-electron chi connectivity index (χ1n) is 7.60. The summed E-state index contributed by atoms with van der Waals surface area (Å²) in [6.45, 7) is 1.90. The molecule has 1 atom stereocenters. The topological polar surface area (TPSA) is 105 Å². The molecule has 2 N–H and O–H groups in total. The number of carbonyl (C=O) groups is 1. The van der Waals surface area contributed by atoms with Crippen molar-refractivity contribution in [1.29, 1.82) is 0 Å². The standard InChI is InChI=1S/C15H11BrF2N3O4PS/c1-2-10-20-11(25-21-10)6-19-14(22)7-3-4-9-8(5-7)12(16)13(27-9)15(17,18)26(23)24/h3-5H,2,6H2,1H3,(H-,19,22,23,24)/p+1. The number of carbonyl (C=O) groups excluding carboxylic acids is 1. The summed E-state index contributed by atoms with van der Waals surface area (Å²) in [5, 5.41) is 6.68.